The van der Waals surface area contributed by atoms with E-state index in [1.165, 1.54) is 0 Å². The van der Waals surface area contributed by atoms with Gasteiger partial charge in [-0.1, -0.05) is 12.1 Å². The normalized spacial score (nSPS) is 21.2. The molecule has 2 heterocycles. The first-order valence-corrected chi connectivity index (χ1v) is 8.61. The Morgan fingerprint density at radius 1 is 1.26 bits per heavy atom. The maximum Gasteiger partial charge on any atom is 0.307 e. The lowest BCUT2D eigenvalue weighted by molar-refractivity contribution is -0.144. The molecule has 1 aromatic rings. The number of nitrogens with zero attached hydrogens (tertiary/aromatic N) is 2. The minimum atomic E-state index is -0.753. The number of rotatable bonds is 3. The van der Waals surface area contributed by atoms with Crippen molar-refractivity contribution in [3.8, 4) is 0 Å². The highest BCUT2D eigenvalue weighted by Crippen LogP contribution is 2.34. The van der Waals surface area contributed by atoms with Crippen LogP contribution in [-0.2, 0) is 9.59 Å². The Morgan fingerprint density at radius 2 is 2.04 bits per heavy atom. The van der Waals surface area contributed by atoms with E-state index in [1.54, 1.807) is 11.8 Å². The van der Waals surface area contributed by atoms with Crippen LogP contribution in [0, 0.1) is 5.92 Å². The van der Waals surface area contributed by atoms with Crippen molar-refractivity contribution in [2.45, 2.75) is 17.7 Å². The number of fused-ring (bicyclic) bond motifs is 1. The van der Waals surface area contributed by atoms with E-state index in [9.17, 15) is 9.59 Å². The van der Waals surface area contributed by atoms with Crippen LogP contribution < -0.4 is 4.90 Å². The van der Waals surface area contributed by atoms with Crippen molar-refractivity contribution >= 4 is 41.7 Å². The standard InChI is InChI=1S/C16H20N2O3S.ClH/c19-15(11-17-7-3-4-12(10-17)16(20)21)18-8-9-22-14-6-2-1-5-13(14)18;/h1-2,5-6,12H,3-4,7-11H2,(H,20,21);1H. The molecule has 0 spiro atoms. The van der Waals surface area contributed by atoms with Gasteiger partial charge in [-0.15, -0.1) is 24.2 Å². The molecule has 23 heavy (non-hydrogen) atoms. The molecule has 1 unspecified atom stereocenters. The molecular weight excluding hydrogens is 336 g/mol. The second kappa shape index (κ2) is 8.04. The van der Waals surface area contributed by atoms with Crippen molar-refractivity contribution < 1.29 is 14.7 Å². The van der Waals surface area contributed by atoms with Gasteiger partial charge in [-0.2, -0.15) is 0 Å². The number of piperidine rings is 1. The van der Waals surface area contributed by atoms with Crippen LogP contribution in [0.3, 0.4) is 0 Å². The van der Waals surface area contributed by atoms with Crippen molar-refractivity contribution in [1.29, 1.82) is 0 Å². The zero-order chi connectivity index (χ0) is 15.5. The Bertz CT molecular complexity index is 584. The van der Waals surface area contributed by atoms with Crippen LogP contribution in [0.2, 0.25) is 0 Å². The van der Waals surface area contributed by atoms with E-state index in [-0.39, 0.29) is 24.2 Å². The Balaban J connectivity index is 0.00000192. The van der Waals surface area contributed by atoms with Crippen LogP contribution in [0.5, 0.6) is 0 Å². The van der Waals surface area contributed by atoms with Crippen LogP contribution in [0.4, 0.5) is 5.69 Å². The molecule has 1 aromatic carbocycles. The molecule has 1 fully saturated rings. The predicted molar refractivity (Wildman–Crippen MR) is 93.6 cm³/mol. The van der Waals surface area contributed by atoms with Crippen molar-refractivity contribution in [3.05, 3.63) is 24.3 Å². The number of amides is 1. The lowest BCUT2D eigenvalue weighted by Crippen LogP contribution is -2.46. The molecule has 1 atom stereocenters. The summed E-state index contributed by atoms with van der Waals surface area (Å²) in [6.45, 7) is 2.31. The van der Waals surface area contributed by atoms with E-state index in [1.807, 2.05) is 34.1 Å². The summed E-state index contributed by atoms with van der Waals surface area (Å²) >= 11 is 1.78. The summed E-state index contributed by atoms with van der Waals surface area (Å²) in [5.74, 6) is -0.123. The smallest absolute Gasteiger partial charge is 0.307 e. The van der Waals surface area contributed by atoms with Crippen molar-refractivity contribution in [2.24, 2.45) is 5.92 Å². The Labute approximate surface area is 146 Å². The average Bonchev–Trinajstić information content (AvgIpc) is 2.54. The fourth-order valence-electron chi connectivity index (χ4n) is 3.11. The molecule has 0 bridgehead atoms. The first kappa shape index (κ1) is 18.1. The lowest BCUT2D eigenvalue weighted by atomic mass is 9.98. The molecule has 126 valence electrons. The summed E-state index contributed by atoms with van der Waals surface area (Å²) in [7, 11) is 0. The molecule has 0 saturated carbocycles. The first-order chi connectivity index (χ1) is 10.6. The number of carbonyl (C=O) groups is 2. The molecule has 2 aliphatic heterocycles. The number of hydrogen-bond donors (Lipinski definition) is 1. The van der Waals surface area contributed by atoms with Crippen molar-refractivity contribution in [1.82, 2.24) is 4.90 Å². The molecule has 2 aliphatic rings. The highest BCUT2D eigenvalue weighted by Gasteiger charge is 2.29. The van der Waals surface area contributed by atoms with Crippen LogP contribution in [0.25, 0.3) is 0 Å². The van der Waals surface area contributed by atoms with Gasteiger partial charge < -0.3 is 10.0 Å². The third-order valence-electron chi connectivity index (χ3n) is 4.24. The summed E-state index contributed by atoms with van der Waals surface area (Å²) < 4.78 is 0. The van der Waals surface area contributed by atoms with Gasteiger partial charge in [0.05, 0.1) is 18.2 Å². The highest BCUT2D eigenvalue weighted by molar-refractivity contribution is 7.99. The van der Waals surface area contributed by atoms with Gasteiger partial charge in [-0.25, -0.2) is 0 Å². The Kier molecular flexibility index (Phi) is 6.33. The number of carboxylic acids is 1. The van der Waals surface area contributed by atoms with Gasteiger partial charge in [0.15, 0.2) is 0 Å². The van der Waals surface area contributed by atoms with Gasteiger partial charge in [-0.05, 0) is 31.5 Å². The zero-order valence-electron chi connectivity index (χ0n) is 12.8. The molecule has 0 aliphatic carbocycles. The number of benzene rings is 1. The third kappa shape index (κ3) is 4.19. The van der Waals surface area contributed by atoms with E-state index >= 15 is 0 Å². The second-order valence-electron chi connectivity index (χ2n) is 5.77. The molecule has 0 aromatic heterocycles. The molecule has 0 radical (unpaired) electrons. The van der Waals surface area contributed by atoms with Gasteiger partial charge in [0.2, 0.25) is 5.91 Å². The molecule has 5 nitrogen and oxygen atoms in total. The highest BCUT2D eigenvalue weighted by atomic mass is 35.5. The predicted octanol–water partition coefficient (Wildman–Crippen LogP) is 2.34. The number of carbonyl (C=O) groups excluding carboxylic acids is 1. The van der Waals surface area contributed by atoms with E-state index in [4.69, 9.17) is 5.11 Å². The largest absolute Gasteiger partial charge is 0.481 e. The quantitative estimate of drug-likeness (QED) is 0.900. The van der Waals surface area contributed by atoms with Gasteiger partial charge in [0.25, 0.3) is 0 Å². The zero-order valence-corrected chi connectivity index (χ0v) is 14.4. The number of hydrogen-bond acceptors (Lipinski definition) is 4. The lowest BCUT2D eigenvalue weighted by Gasteiger charge is -2.34. The minimum Gasteiger partial charge on any atom is -0.481 e. The van der Waals surface area contributed by atoms with Crippen LogP contribution in [-0.4, -0.2) is 53.8 Å². The number of carboxylic acid groups (broad SMARTS) is 1. The third-order valence-corrected chi connectivity index (χ3v) is 5.29. The Morgan fingerprint density at radius 3 is 2.83 bits per heavy atom. The van der Waals surface area contributed by atoms with Gasteiger partial charge >= 0.3 is 5.97 Å². The van der Waals surface area contributed by atoms with E-state index in [2.05, 4.69) is 0 Å². The fourth-order valence-corrected chi connectivity index (χ4v) is 4.10. The van der Waals surface area contributed by atoms with E-state index in [0.717, 1.165) is 35.8 Å². The molecule has 1 saturated heterocycles. The van der Waals surface area contributed by atoms with Crippen LogP contribution >= 0.6 is 24.2 Å². The molecule has 1 N–H and O–H groups in total. The van der Waals surface area contributed by atoms with Crippen LogP contribution in [0.15, 0.2) is 29.2 Å². The maximum absolute atomic E-state index is 12.6. The fraction of sp³-hybridized carbons (Fsp3) is 0.500. The molecule has 3 rings (SSSR count). The number of likely N-dealkylation sites (tertiary alicyclic amines) is 1. The second-order valence-corrected chi connectivity index (χ2v) is 6.91. The number of halogens is 1. The van der Waals surface area contributed by atoms with Gasteiger partial charge in [-0.3, -0.25) is 14.5 Å². The van der Waals surface area contributed by atoms with Gasteiger partial charge in [0.1, 0.15) is 0 Å². The summed E-state index contributed by atoms with van der Waals surface area (Å²) in [5, 5.41) is 9.14. The summed E-state index contributed by atoms with van der Waals surface area (Å²) in [6, 6.07) is 7.96. The average molecular weight is 357 g/mol. The summed E-state index contributed by atoms with van der Waals surface area (Å²) in [6.07, 6.45) is 1.56. The van der Waals surface area contributed by atoms with Gasteiger partial charge in [0, 0.05) is 23.7 Å². The first-order valence-electron chi connectivity index (χ1n) is 7.62. The van der Waals surface area contributed by atoms with Crippen LogP contribution in [0.1, 0.15) is 12.8 Å². The van der Waals surface area contributed by atoms with E-state index in [0.29, 0.717) is 19.5 Å². The molecule has 7 heteroatoms. The van der Waals surface area contributed by atoms with E-state index < -0.39 is 5.97 Å². The number of para-hydroxylation sites is 1. The summed E-state index contributed by atoms with van der Waals surface area (Å²) in [5.41, 5.74) is 0.982. The topological polar surface area (TPSA) is 60.9 Å². The Hall–Kier alpha value is -1.24. The minimum absolute atomic E-state index is 0. The number of thioether (sulfide) groups is 1. The summed E-state index contributed by atoms with van der Waals surface area (Å²) in [4.78, 5) is 28.7. The van der Waals surface area contributed by atoms with Crippen molar-refractivity contribution in [2.75, 3.05) is 36.8 Å². The number of aliphatic carboxylic acids is 1. The molecule has 1 amide bonds. The van der Waals surface area contributed by atoms with Crippen molar-refractivity contribution in [3.63, 3.8) is 0 Å². The SMILES string of the molecule is Cl.O=C(O)C1CCCN(CC(=O)N2CCSc3ccccc32)C1. The maximum atomic E-state index is 12.6. The number of anilines is 1. The monoisotopic (exact) mass is 356 g/mol. The molecular formula is C16H21ClN2O3S.